The molecule has 0 aliphatic carbocycles. The minimum Gasteiger partial charge on any atom is -0.398 e. The molecule has 0 aliphatic rings. The van der Waals surface area contributed by atoms with Crippen LogP contribution in [-0.2, 0) is 6.18 Å². The van der Waals surface area contributed by atoms with Gasteiger partial charge < -0.3 is 11.1 Å². The van der Waals surface area contributed by atoms with Crippen LogP contribution in [0.5, 0.6) is 0 Å². The van der Waals surface area contributed by atoms with Gasteiger partial charge in [-0.2, -0.15) is 13.2 Å². The Bertz CT molecular complexity index is 681. The number of halogens is 3. The van der Waals surface area contributed by atoms with Gasteiger partial charge in [0.25, 0.3) is 5.91 Å². The normalized spacial score (nSPS) is 11.2. The van der Waals surface area contributed by atoms with Gasteiger partial charge in [0.2, 0.25) is 0 Å². The van der Waals surface area contributed by atoms with E-state index < -0.39 is 23.2 Å². The Morgan fingerprint density at radius 3 is 2.43 bits per heavy atom. The van der Waals surface area contributed by atoms with E-state index in [9.17, 15) is 18.0 Å². The van der Waals surface area contributed by atoms with E-state index in [1.54, 1.807) is 19.1 Å². The van der Waals surface area contributed by atoms with Crippen LogP contribution in [-0.4, -0.2) is 5.91 Å². The molecule has 0 radical (unpaired) electrons. The number of aryl methyl sites for hydroxylation is 1. The number of hydrogen-bond acceptors (Lipinski definition) is 2. The van der Waals surface area contributed by atoms with Crippen molar-refractivity contribution in [3.63, 3.8) is 0 Å². The number of nitrogen functional groups attached to an aromatic ring is 1. The summed E-state index contributed by atoms with van der Waals surface area (Å²) in [6, 6.07) is 9.40. The summed E-state index contributed by atoms with van der Waals surface area (Å²) in [7, 11) is 0. The first-order chi connectivity index (χ1) is 9.79. The number of nitrogens with one attached hydrogen (secondary N) is 1. The molecule has 2 aromatic carbocycles. The lowest BCUT2D eigenvalue weighted by Gasteiger charge is -2.13. The highest BCUT2D eigenvalue weighted by Gasteiger charge is 2.34. The minimum absolute atomic E-state index is 0.347. The molecule has 0 aromatic heterocycles. The molecule has 0 saturated carbocycles. The number of anilines is 2. The number of carbonyl (C=O) groups excluding carboxylic acids is 1. The summed E-state index contributed by atoms with van der Waals surface area (Å²) in [5.74, 6) is -0.828. The molecule has 2 aromatic rings. The van der Waals surface area contributed by atoms with Crippen molar-refractivity contribution in [2.24, 2.45) is 0 Å². The summed E-state index contributed by atoms with van der Waals surface area (Å²) < 4.78 is 38.6. The third-order valence-corrected chi connectivity index (χ3v) is 3.01. The molecule has 110 valence electrons. The van der Waals surface area contributed by atoms with Crippen molar-refractivity contribution in [2.75, 3.05) is 11.1 Å². The molecule has 0 bridgehead atoms. The van der Waals surface area contributed by atoms with E-state index in [2.05, 4.69) is 5.32 Å². The zero-order valence-electron chi connectivity index (χ0n) is 11.2. The molecule has 3 N–H and O–H groups in total. The summed E-state index contributed by atoms with van der Waals surface area (Å²) in [6.45, 7) is 1.79. The molecule has 0 heterocycles. The van der Waals surface area contributed by atoms with Crippen LogP contribution in [0.2, 0.25) is 0 Å². The SMILES string of the molecule is Cc1ccc(NC(=O)c2ccccc2C(F)(F)F)cc1N. The molecule has 6 heteroatoms. The van der Waals surface area contributed by atoms with E-state index in [0.29, 0.717) is 11.4 Å². The number of rotatable bonds is 2. The number of hydrogen-bond donors (Lipinski definition) is 2. The fourth-order valence-electron chi connectivity index (χ4n) is 1.84. The molecule has 0 saturated heterocycles. The van der Waals surface area contributed by atoms with Crippen molar-refractivity contribution >= 4 is 17.3 Å². The molecule has 21 heavy (non-hydrogen) atoms. The van der Waals surface area contributed by atoms with E-state index in [1.165, 1.54) is 18.2 Å². The van der Waals surface area contributed by atoms with Crippen molar-refractivity contribution < 1.29 is 18.0 Å². The molecule has 1 amide bonds. The molecule has 0 spiro atoms. The zero-order chi connectivity index (χ0) is 15.6. The van der Waals surface area contributed by atoms with Crippen LogP contribution in [0.15, 0.2) is 42.5 Å². The van der Waals surface area contributed by atoms with Crippen molar-refractivity contribution in [3.8, 4) is 0 Å². The predicted molar refractivity (Wildman–Crippen MR) is 75.0 cm³/mol. The van der Waals surface area contributed by atoms with Gasteiger partial charge in [-0.25, -0.2) is 0 Å². The summed E-state index contributed by atoms with van der Waals surface area (Å²) in [6.07, 6.45) is -4.58. The summed E-state index contributed by atoms with van der Waals surface area (Å²) in [5.41, 5.74) is 5.93. The van der Waals surface area contributed by atoms with Gasteiger partial charge >= 0.3 is 6.18 Å². The number of nitrogens with two attached hydrogens (primary N) is 1. The van der Waals surface area contributed by atoms with E-state index in [1.807, 2.05) is 0 Å². The number of alkyl halides is 3. The second-order valence-electron chi connectivity index (χ2n) is 4.57. The molecule has 2 rings (SSSR count). The van der Waals surface area contributed by atoms with E-state index in [4.69, 9.17) is 5.73 Å². The second kappa shape index (κ2) is 5.47. The maximum Gasteiger partial charge on any atom is 0.417 e. The van der Waals surface area contributed by atoms with Crippen molar-refractivity contribution in [1.82, 2.24) is 0 Å². The Kier molecular flexibility index (Phi) is 3.88. The predicted octanol–water partition coefficient (Wildman–Crippen LogP) is 3.85. The van der Waals surface area contributed by atoms with E-state index >= 15 is 0 Å². The summed E-state index contributed by atoms with van der Waals surface area (Å²) >= 11 is 0. The third-order valence-electron chi connectivity index (χ3n) is 3.01. The largest absolute Gasteiger partial charge is 0.417 e. The van der Waals surface area contributed by atoms with Gasteiger partial charge in [-0.15, -0.1) is 0 Å². The lowest BCUT2D eigenvalue weighted by atomic mass is 10.1. The molecule has 0 fully saturated rings. The molecule has 0 aliphatic heterocycles. The fourth-order valence-corrected chi connectivity index (χ4v) is 1.84. The van der Waals surface area contributed by atoms with Gasteiger partial charge in [0.15, 0.2) is 0 Å². The first-order valence-corrected chi connectivity index (χ1v) is 6.13. The highest BCUT2D eigenvalue weighted by atomic mass is 19.4. The van der Waals surface area contributed by atoms with Crippen LogP contribution < -0.4 is 11.1 Å². The topological polar surface area (TPSA) is 55.1 Å². The molecule has 3 nitrogen and oxygen atoms in total. The smallest absolute Gasteiger partial charge is 0.398 e. The first kappa shape index (κ1) is 14.9. The average molecular weight is 294 g/mol. The Labute approximate surface area is 119 Å². The molecular weight excluding hydrogens is 281 g/mol. The van der Waals surface area contributed by atoms with Crippen LogP contribution in [0.25, 0.3) is 0 Å². The molecule has 0 unspecified atom stereocenters. The van der Waals surface area contributed by atoms with Gasteiger partial charge in [-0.3, -0.25) is 4.79 Å². The second-order valence-corrected chi connectivity index (χ2v) is 4.57. The van der Waals surface area contributed by atoms with Crippen LogP contribution >= 0.6 is 0 Å². The van der Waals surface area contributed by atoms with Crippen LogP contribution in [0.1, 0.15) is 21.5 Å². The van der Waals surface area contributed by atoms with Crippen LogP contribution in [0, 0.1) is 6.92 Å². The highest BCUT2D eigenvalue weighted by molar-refractivity contribution is 6.05. The molecule has 0 atom stereocenters. The van der Waals surface area contributed by atoms with Gasteiger partial charge in [0.1, 0.15) is 0 Å². The minimum atomic E-state index is -4.58. The van der Waals surface area contributed by atoms with E-state index in [-0.39, 0.29) is 0 Å². The van der Waals surface area contributed by atoms with Crippen molar-refractivity contribution in [1.29, 1.82) is 0 Å². The summed E-state index contributed by atoms with van der Waals surface area (Å²) in [5, 5.41) is 2.42. The lowest BCUT2D eigenvalue weighted by molar-refractivity contribution is -0.137. The maximum absolute atomic E-state index is 12.9. The third kappa shape index (κ3) is 3.34. The van der Waals surface area contributed by atoms with Gasteiger partial charge in [-0.05, 0) is 36.8 Å². The van der Waals surface area contributed by atoms with Gasteiger partial charge in [0, 0.05) is 11.4 Å². The summed E-state index contributed by atoms with van der Waals surface area (Å²) in [4.78, 5) is 12.0. The fraction of sp³-hybridized carbons (Fsp3) is 0.133. The Balaban J connectivity index is 2.31. The van der Waals surface area contributed by atoms with Crippen LogP contribution in [0.3, 0.4) is 0 Å². The lowest BCUT2D eigenvalue weighted by Crippen LogP contribution is -2.18. The quantitative estimate of drug-likeness (QED) is 0.827. The average Bonchev–Trinajstić information content (AvgIpc) is 2.42. The zero-order valence-corrected chi connectivity index (χ0v) is 11.2. The Morgan fingerprint density at radius 2 is 1.81 bits per heavy atom. The van der Waals surface area contributed by atoms with E-state index in [0.717, 1.165) is 17.7 Å². The first-order valence-electron chi connectivity index (χ1n) is 6.13. The van der Waals surface area contributed by atoms with Crippen molar-refractivity contribution in [2.45, 2.75) is 13.1 Å². The molecular formula is C15H13F3N2O. The Morgan fingerprint density at radius 1 is 1.14 bits per heavy atom. The van der Waals surface area contributed by atoms with Gasteiger partial charge in [-0.1, -0.05) is 18.2 Å². The number of benzene rings is 2. The number of carbonyl (C=O) groups is 1. The monoisotopic (exact) mass is 294 g/mol. The van der Waals surface area contributed by atoms with Crippen LogP contribution in [0.4, 0.5) is 24.5 Å². The Hall–Kier alpha value is -2.50. The van der Waals surface area contributed by atoms with Gasteiger partial charge in [0.05, 0.1) is 11.1 Å². The standard InChI is InChI=1S/C15H13F3N2O/c1-9-6-7-10(8-13(9)19)20-14(21)11-4-2-3-5-12(11)15(16,17)18/h2-8H,19H2,1H3,(H,20,21). The maximum atomic E-state index is 12.9. The van der Waals surface area contributed by atoms with Crippen molar-refractivity contribution in [3.05, 3.63) is 59.2 Å². The highest BCUT2D eigenvalue weighted by Crippen LogP contribution is 2.32. The number of amides is 1.